The first-order valence-electron chi connectivity index (χ1n) is 13.2. The second-order valence-corrected chi connectivity index (χ2v) is 12.9. The van der Waals surface area contributed by atoms with Gasteiger partial charge in [-0.05, 0) is 47.2 Å². The number of hydrogen-bond donors (Lipinski definition) is 2. The maximum absolute atomic E-state index is 11.4. The number of anilines is 1. The lowest BCUT2D eigenvalue weighted by Crippen LogP contribution is -2.28. The van der Waals surface area contributed by atoms with Gasteiger partial charge in [0.1, 0.15) is 5.01 Å². The lowest BCUT2D eigenvalue weighted by molar-refractivity contribution is -0.138. The molecular formula is C32H37N3O2S2. The first-order chi connectivity index (χ1) is 18.7. The van der Waals surface area contributed by atoms with Crippen LogP contribution in [0.4, 0.5) is 5.69 Å². The van der Waals surface area contributed by atoms with Gasteiger partial charge in [-0.2, -0.15) is 0 Å². The summed E-state index contributed by atoms with van der Waals surface area (Å²) < 4.78 is 0. The van der Waals surface area contributed by atoms with Gasteiger partial charge in [-0.3, -0.25) is 9.69 Å². The highest BCUT2D eigenvalue weighted by atomic mass is 32.2. The summed E-state index contributed by atoms with van der Waals surface area (Å²) in [5.41, 5.74) is 5.81. The summed E-state index contributed by atoms with van der Waals surface area (Å²) in [5.74, 6) is 0.279. The average molecular weight is 560 g/mol. The van der Waals surface area contributed by atoms with Crippen molar-refractivity contribution >= 4 is 34.8 Å². The lowest BCUT2D eigenvalue weighted by atomic mass is 10.0. The highest BCUT2D eigenvalue weighted by Crippen LogP contribution is 2.27. The molecule has 2 N–H and O–H groups in total. The van der Waals surface area contributed by atoms with Gasteiger partial charge in [0.2, 0.25) is 0 Å². The Kier molecular flexibility index (Phi) is 10.2. The summed E-state index contributed by atoms with van der Waals surface area (Å²) >= 11 is 3.49. The molecule has 0 amide bonds. The van der Waals surface area contributed by atoms with Crippen LogP contribution in [0.15, 0.2) is 89.1 Å². The zero-order valence-electron chi connectivity index (χ0n) is 22.9. The smallest absolute Gasteiger partial charge is 0.317 e. The maximum Gasteiger partial charge on any atom is 0.317 e. The molecule has 0 bridgehead atoms. The Morgan fingerprint density at radius 3 is 2.33 bits per heavy atom. The predicted molar refractivity (Wildman–Crippen MR) is 165 cm³/mol. The van der Waals surface area contributed by atoms with Gasteiger partial charge in [0.15, 0.2) is 0 Å². The molecule has 1 aromatic heterocycles. The molecule has 0 unspecified atom stereocenters. The second kappa shape index (κ2) is 13.8. The van der Waals surface area contributed by atoms with E-state index >= 15 is 0 Å². The Labute approximate surface area is 240 Å². The Bertz CT molecular complexity index is 1310. The number of aliphatic carboxylic acids is 1. The van der Waals surface area contributed by atoms with Crippen LogP contribution in [0.3, 0.4) is 0 Å². The standard InChI is InChI=1S/C32H37N3O2S2/c1-32(2,3)23-39-28-15-9-24(10-16-28)17-18-33-27-13-11-26(12-14-27)29-22-38-30(34-29)20-35(21-31(36)37)19-25-7-5-4-6-8-25/h4-16,22,33H,17-21,23H2,1-3H3,(H,36,37). The van der Waals surface area contributed by atoms with E-state index in [1.807, 2.05) is 52.4 Å². The molecule has 0 fully saturated rings. The first kappa shape index (κ1) is 28.9. The van der Waals surface area contributed by atoms with Crippen LogP contribution in [-0.2, 0) is 24.3 Å². The van der Waals surface area contributed by atoms with Gasteiger partial charge in [-0.15, -0.1) is 23.1 Å². The van der Waals surface area contributed by atoms with Crippen molar-refractivity contribution in [3.63, 3.8) is 0 Å². The molecule has 0 spiro atoms. The molecule has 7 heteroatoms. The van der Waals surface area contributed by atoms with Crippen LogP contribution in [0.25, 0.3) is 11.3 Å². The van der Waals surface area contributed by atoms with E-state index in [0.29, 0.717) is 18.5 Å². The molecule has 0 saturated heterocycles. The number of aromatic nitrogens is 1. The monoisotopic (exact) mass is 559 g/mol. The van der Waals surface area contributed by atoms with Crippen LogP contribution in [0.2, 0.25) is 0 Å². The quantitative estimate of drug-likeness (QED) is 0.164. The topological polar surface area (TPSA) is 65.5 Å². The Morgan fingerprint density at radius 1 is 0.949 bits per heavy atom. The molecule has 204 valence electrons. The number of thiazole rings is 1. The molecule has 0 aliphatic rings. The molecule has 1 heterocycles. The minimum atomic E-state index is -0.835. The number of carboxylic acid groups (broad SMARTS) is 1. The van der Waals surface area contributed by atoms with E-state index in [-0.39, 0.29) is 6.54 Å². The van der Waals surface area contributed by atoms with Crippen LogP contribution in [0.5, 0.6) is 0 Å². The summed E-state index contributed by atoms with van der Waals surface area (Å²) in [6, 6.07) is 27.2. The summed E-state index contributed by atoms with van der Waals surface area (Å²) in [5, 5.41) is 15.8. The van der Waals surface area contributed by atoms with Crippen LogP contribution in [0.1, 0.15) is 36.9 Å². The number of hydrogen-bond acceptors (Lipinski definition) is 6. The normalized spacial score (nSPS) is 11.6. The minimum absolute atomic E-state index is 0.0233. The van der Waals surface area contributed by atoms with E-state index in [0.717, 1.165) is 46.2 Å². The van der Waals surface area contributed by atoms with Crippen LogP contribution in [0, 0.1) is 5.41 Å². The summed E-state index contributed by atoms with van der Waals surface area (Å²) in [4.78, 5) is 19.4. The predicted octanol–water partition coefficient (Wildman–Crippen LogP) is 7.69. The zero-order valence-corrected chi connectivity index (χ0v) is 24.5. The van der Waals surface area contributed by atoms with Gasteiger partial charge in [0.25, 0.3) is 0 Å². The Hall–Kier alpha value is -3.13. The van der Waals surface area contributed by atoms with Gasteiger partial charge in [-0.25, -0.2) is 4.98 Å². The van der Waals surface area contributed by atoms with E-state index < -0.39 is 5.97 Å². The van der Waals surface area contributed by atoms with Gasteiger partial charge in [0.05, 0.1) is 18.8 Å². The molecular weight excluding hydrogens is 523 g/mol. The van der Waals surface area contributed by atoms with Crippen molar-refractivity contribution in [2.24, 2.45) is 5.41 Å². The van der Waals surface area contributed by atoms with E-state index in [4.69, 9.17) is 4.98 Å². The fraction of sp³-hybridized carbons (Fsp3) is 0.312. The third kappa shape index (κ3) is 9.84. The van der Waals surface area contributed by atoms with Gasteiger partial charge in [0, 0.05) is 40.4 Å². The largest absolute Gasteiger partial charge is 0.480 e. The molecule has 0 atom stereocenters. The highest BCUT2D eigenvalue weighted by Gasteiger charge is 2.14. The molecule has 0 saturated carbocycles. The third-order valence-electron chi connectivity index (χ3n) is 6.04. The maximum atomic E-state index is 11.4. The SMILES string of the molecule is CC(C)(C)CSc1ccc(CCNc2ccc(-c3csc(CN(CC(=O)O)Cc4ccccc4)n3)cc2)cc1. The van der Waals surface area contributed by atoms with Crippen LogP contribution < -0.4 is 5.32 Å². The van der Waals surface area contributed by atoms with Gasteiger partial charge in [-0.1, -0.05) is 75.4 Å². The third-order valence-corrected chi connectivity index (χ3v) is 8.49. The Morgan fingerprint density at radius 2 is 1.67 bits per heavy atom. The number of thioether (sulfide) groups is 1. The number of nitrogens with one attached hydrogen (secondary N) is 1. The van der Waals surface area contributed by atoms with E-state index in [1.165, 1.54) is 10.5 Å². The Balaban J connectivity index is 1.27. The fourth-order valence-electron chi connectivity index (χ4n) is 4.07. The molecule has 0 aliphatic carbocycles. The number of carboxylic acids is 1. The molecule has 0 aliphatic heterocycles. The van der Waals surface area contributed by atoms with Crippen molar-refractivity contribution in [3.05, 3.63) is 100 Å². The van der Waals surface area contributed by atoms with Gasteiger partial charge < -0.3 is 10.4 Å². The average Bonchev–Trinajstić information content (AvgIpc) is 3.37. The second-order valence-electron chi connectivity index (χ2n) is 10.9. The van der Waals surface area contributed by atoms with E-state index in [2.05, 4.69) is 74.6 Å². The number of rotatable bonds is 13. The summed E-state index contributed by atoms with van der Waals surface area (Å²) in [7, 11) is 0. The number of benzene rings is 3. The van der Waals surface area contributed by atoms with Crippen LogP contribution in [-0.4, -0.2) is 39.8 Å². The van der Waals surface area contributed by atoms with Crippen molar-refractivity contribution in [2.45, 2.75) is 45.2 Å². The van der Waals surface area contributed by atoms with Crippen molar-refractivity contribution in [1.29, 1.82) is 0 Å². The van der Waals surface area contributed by atoms with Crippen molar-refractivity contribution in [3.8, 4) is 11.3 Å². The fourth-order valence-corrected chi connectivity index (χ4v) is 5.84. The van der Waals surface area contributed by atoms with Crippen LogP contribution >= 0.6 is 23.1 Å². The highest BCUT2D eigenvalue weighted by molar-refractivity contribution is 7.99. The van der Waals surface area contributed by atoms with Crippen molar-refractivity contribution in [1.82, 2.24) is 9.88 Å². The molecule has 0 radical (unpaired) electrons. The molecule has 5 nitrogen and oxygen atoms in total. The number of nitrogens with zero attached hydrogens (tertiary/aromatic N) is 2. The minimum Gasteiger partial charge on any atom is -0.480 e. The zero-order chi connectivity index (χ0) is 27.7. The lowest BCUT2D eigenvalue weighted by Gasteiger charge is -2.19. The summed E-state index contributed by atoms with van der Waals surface area (Å²) in [6.45, 7) is 8.73. The number of carbonyl (C=O) groups is 1. The molecule has 4 aromatic rings. The van der Waals surface area contributed by atoms with Crippen molar-refractivity contribution in [2.75, 3.05) is 24.2 Å². The van der Waals surface area contributed by atoms with E-state index in [1.54, 1.807) is 11.3 Å². The molecule has 4 rings (SSSR count). The van der Waals surface area contributed by atoms with Crippen molar-refractivity contribution < 1.29 is 9.90 Å². The molecule has 39 heavy (non-hydrogen) atoms. The van der Waals surface area contributed by atoms with Gasteiger partial charge >= 0.3 is 5.97 Å². The van der Waals surface area contributed by atoms with E-state index in [9.17, 15) is 9.90 Å². The first-order valence-corrected chi connectivity index (χ1v) is 15.1. The molecule has 3 aromatic carbocycles. The summed E-state index contributed by atoms with van der Waals surface area (Å²) in [6.07, 6.45) is 0.969.